The van der Waals surface area contributed by atoms with Gasteiger partial charge in [-0.2, -0.15) is 0 Å². The van der Waals surface area contributed by atoms with E-state index in [9.17, 15) is 4.79 Å². The van der Waals surface area contributed by atoms with Crippen LogP contribution in [0.25, 0.3) is 0 Å². The van der Waals surface area contributed by atoms with Gasteiger partial charge in [-0.1, -0.05) is 28.1 Å². The molecule has 1 unspecified atom stereocenters. The molecule has 1 atom stereocenters. The van der Waals surface area contributed by atoms with Crippen LogP contribution in [-0.4, -0.2) is 41.8 Å². The summed E-state index contributed by atoms with van der Waals surface area (Å²) in [7, 11) is 0. The van der Waals surface area contributed by atoms with E-state index in [0.29, 0.717) is 13.2 Å². The first-order chi connectivity index (χ1) is 9.04. The van der Waals surface area contributed by atoms with E-state index in [2.05, 4.69) is 46.0 Å². The summed E-state index contributed by atoms with van der Waals surface area (Å²) in [6, 6.07) is 6.31. The zero-order valence-corrected chi connectivity index (χ0v) is 12.5. The summed E-state index contributed by atoms with van der Waals surface area (Å²) in [5.41, 5.74) is 2.46. The molecular weight excluding hydrogens is 310 g/mol. The van der Waals surface area contributed by atoms with Crippen LogP contribution in [0.4, 0.5) is 0 Å². The minimum Gasteiger partial charge on any atom is -0.481 e. The van der Waals surface area contributed by atoms with Crippen molar-refractivity contribution in [2.75, 3.05) is 19.7 Å². The van der Waals surface area contributed by atoms with Crippen LogP contribution in [0, 0.1) is 6.92 Å². The van der Waals surface area contributed by atoms with Crippen LogP contribution in [-0.2, 0) is 16.1 Å². The highest BCUT2D eigenvalue weighted by Crippen LogP contribution is 2.19. The molecule has 1 aliphatic rings. The highest BCUT2D eigenvalue weighted by Gasteiger charge is 2.22. The standard InChI is InChI=1S/C14H18BrNO3/c1-10-6-11(2-3-13(10)15)8-16-4-5-19-12(9-16)7-14(17)18/h2-3,6,12H,4-5,7-9H2,1H3,(H,17,18). The average molecular weight is 328 g/mol. The van der Waals surface area contributed by atoms with E-state index in [0.717, 1.165) is 17.6 Å². The van der Waals surface area contributed by atoms with Crippen LogP contribution in [0.3, 0.4) is 0 Å². The maximum Gasteiger partial charge on any atom is 0.306 e. The van der Waals surface area contributed by atoms with Gasteiger partial charge in [0.2, 0.25) is 0 Å². The molecule has 0 amide bonds. The third-order valence-corrected chi connectivity index (χ3v) is 4.14. The molecule has 19 heavy (non-hydrogen) atoms. The number of carboxylic acid groups (broad SMARTS) is 1. The lowest BCUT2D eigenvalue weighted by Gasteiger charge is -2.32. The molecule has 1 aliphatic heterocycles. The zero-order valence-electron chi connectivity index (χ0n) is 10.9. The van der Waals surface area contributed by atoms with Crippen molar-refractivity contribution in [1.29, 1.82) is 0 Å². The summed E-state index contributed by atoms with van der Waals surface area (Å²) in [6.45, 7) is 5.05. The van der Waals surface area contributed by atoms with Gasteiger partial charge in [-0.25, -0.2) is 0 Å². The third kappa shape index (κ3) is 4.30. The molecule has 1 aromatic carbocycles. The summed E-state index contributed by atoms with van der Waals surface area (Å²) in [5, 5.41) is 8.80. The Morgan fingerprint density at radius 2 is 2.37 bits per heavy atom. The number of benzene rings is 1. The van der Waals surface area contributed by atoms with Crippen molar-refractivity contribution in [1.82, 2.24) is 4.90 Å². The fraction of sp³-hybridized carbons (Fsp3) is 0.500. The molecule has 1 heterocycles. The molecule has 0 bridgehead atoms. The van der Waals surface area contributed by atoms with Crippen LogP contribution in [0.15, 0.2) is 22.7 Å². The van der Waals surface area contributed by atoms with E-state index in [1.165, 1.54) is 11.1 Å². The first-order valence-electron chi connectivity index (χ1n) is 6.35. The van der Waals surface area contributed by atoms with Crippen molar-refractivity contribution in [3.63, 3.8) is 0 Å². The molecule has 5 heteroatoms. The van der Waals surface area contributed by atoms with Crippen molar-refractivity contribution in [2.24, 2.45) is 0 Å². The average Bonchev–Trinajstić information content (AvgIpc) is 2.33. The van der Waals surface area contributed by atoms with Crippen LogP contribution in [0.1, 0.15) is 17.5 Å². The number of carboxylic acids is 1. The van der Waals surface area contributed by atoms with Gasteiger partial charge in [0.15, 0.2) is 0 Å². The van der Waals surface area contributed by atoms with Crippen LogP contribution < -0.4 is 0 Å². The van der Waals surface area contributed by atoms with E-state index in [1.807, 2.05) is 0 Å². The molecular formula is C14H18BrNO3. The van der Waals surface area contributed by atoms with Gasteiger partial charge >= 0.3 is 5.97 Å². The quantitative estimate of drug-likeness (QED) is 0.922. The largest absolute Gasteiger partial charge is 0.481 e. The molecule has 0 spiro atoms. The lowest BCUT2D eigenvalue weighted by Crippen LogP contribution is -2.42. The highest BCUT2D eigenvalue weighted by molar-refractivity contribution is 9.10. The number of hydrogen-bond donors (Lipinski definition) is 1. The van der Waals surface area contributed by atoms with Crippen molar-refractivity contribution in [2.45, 2.75) is 26.0 Å². The molecule has 4 nitrogen and oxygen atoms in total. The smallest absolute Gasteiger partial charge is 0.306 e. The Bertz CT molecular complexity index is 464. The van der Waals surface area contributed by atoms with Crippen molar-refractivity contribution in [3.05, 3.63) is 33.8 Å². The van der Waals surface area contributed by atoms with Gasteiger partial charge in [-0.3, -0.25) is 9.69 Å². The van der Waals surface area contributed by atoms with Crippen LogP contribution in [0.5, 0.6) is 0 Å². The maximum atomic E-state index is 10.7. The molecule has 1 aromatic rings. The molecule has 1 saturated heterocycles. The number of halogens is 1. The highest BCUT2D eigenvalue weighted by atomic mass is 79.9. The van der Waals surface area contributed by atoms with E-state index in [-0.39, 0.29) is 12.5 Å². The van der Waals surface area contributed by atoms with E-state index in [1.54, 1.807) is 0 Å². The van der Waals surface area contributed by atoms with E-state index in [4.69, 9.17) is 9.84 Å². The van der Waals surface area contributed by atoms with Gasteiger partial charge in [-0.05, 0) is 24.1 Å². The Morgan fingerprint density at radius 3 is 3.05 bits per heavy atom. The summed E-state index contributed by atoms with van der Waals surface area (Å²) in [4.78, 5) is 13.0. The molecule has 0 radical (unpaired) electrons. The van der Waals surface area contributed by atoms with Gasteiger partial charge in [0.25, 0.3) is 0 Å². The Balaban J connectivity index is 1.94. The number of carbonyl (C=O) groups is 1. The normalized spacial score (nSPS) is 20.4. The minimum atomic E-state index is -0.800. The van der Waals surface area contributed by atoms with E-state index < -0.39 is 5.97 Å². The second-order valence-electron chi connectivity index (χ2n) is 4.91. The van der Waals surface area contributed by atoms with Gasteiger partial charge in [0.05, 0.1) is 19.1 Å². The summed E-state index contributed by atoms with van der Waals surface area (Å²) < 4.78 is 6.58. The number of nitrogens with zero attached hydrogens (tertiary/aromatic N) is 1. The number of hydrogen-bond acceptors (Lipinski definition) is 3. The fourth-order valence-electron chi connectivity index (χ4n) is 2.31. The lowest BCUT2D eigenvalue weighted by atomic mass is 10.1. The number of ether oxygens (including phenoxy) is 1. The van der Waals surface area contributed by atoms with Gasteiger partial charge in [-0.15, -0.1) is 0 Å². The third-order valence-electron chi connectivity index (χ3n) is 3.25. The SMILES string of the molecule is Cc1cc(CN2CCOC(CC(=O)O)C2)ccc1Br. The predicted octanol–water partition coefficient (Wildman–Crippen LogP) is 2.43. The van der Waals surface area contributed by atoms with Gasteiger partial charge in [0.1, 0.15) is 0 Å². The summed E-state index contributed by atoms with van der Waals surface area (Å²) >= 11 is 3.49. The second-order valence-corrected chi connectivity index (χ2v) is 5.76. The molecule has 2 rings (SSSR count). The zero-order chi connectivity index (χ0) is 13.8. The molecule has 1 fully saturated rings. The lowest BCUT2D eigenvalue weighted by molar-refractivity contribution is -0.142. The Labute approximate surface area is 121 Å². The van der Waals surface area contributed by atoms with Crippen molar-refractivity contribution < 1.29 is 14.6 Å². The summed E-state index contributed by atoms with van der Waals surface area (Å²) in [6.07, 6.45) is -0.113. The number of morpholine rings is 1. The fourth-order valence-corrected chi connectivity index (χ4v) is 2.55. The van der Waals surface area contributed by atoms with Gasteiger partial charge in [0, 0.05) is 24.1 Å². The summed E-state index contributed by atoms with van der Waals surface area (Å²) in [5.74, 6) is -0.800. The topological polar surface area (TPSA) is 49.8 Å². The minimum absolute atomic E-state index is 0.0792. The van der Waals surface area contributed by atoms with Crippen molar-refractivity contribution >= 4 is 21.9 Å². The Kier molecular flexibility index (Phi) is 4.96. The number of rotatable bonds is 4. The predicted molar refractivity (Wildman–Crippen MR) is 76.1 cm³/mol. The monoisotopic (exact) mass is 327 g/mol. The first kappa shape index (κ1) is 14.5. The molecule has 0 aromatic heterocycles. The molecule has 104 valence electrons. The van der Waals surface area contributed by atoms with Crippen LogP contribution >= 0.6 is 15.9 Å². The Hall–Kier alpha value is -0.910. The molecule has 0 aliphatic carbocycles. The number of aryl methyl sites for hydroxylation is 1. The Morgan fingerprint density at radius 1 is 1.58 bits per heavy atom. The van der Waals surface area contributed by atoms with Crippen molar-refractivity contribution in [3.8, 4) is 0 Å². The second kappa shape index (κ2) is 6.50. The maximum absolute atomic E-state index is 10.7. The molecule has 1 N–H and O–H groups in total. The first-order valence-corrected chi connectivity index (χ1v) is 7.14. The molecule has 0 saturated carbocycles. The van der Waals surface area contributed by atoms with Gasteiger partial charge < -0.3 is 9.84 Å². The van der Waals surface area contributed by atoms with Crippen LogP contribution in [0.2, 0.25) is 0 Å². The van der Waals surface area contributed by atoms with E-state index >= 15 is 0 Å². The number of aliphatic carboxylic acids is 1.